The lowest BCUT2D eigenvalue weighted by molar-refractivity contribution is -0.116. The number of benzene rings is 5. The van der Waals surface area contributed by atoms with E-state index in [-0.39, 0.29) is 17.2 Å². The molecule has 3 amide bonds. The van der Waals surface area contributed by atoms with E-state index in [2.05, 4.69) is 16.0 Å². The number of rotatable bonds is 13. The van der Waals surface area contributed by atoms with Crippen molar-refractivity contribution in [3.05, 3.63) is 155 Å². The van der Waals surface area contributed by atoms with Crippen LogP contribution in [0.2, 0.25) is 0 Å². The number of methoxy groups -OCH3 is 3. The summed E-state index contributed by atoms with van der Waals surface area (Å²) >= 11 is 1.30. The van der Waals surface area contributed by atoms with Crippen molar-refractivity contribution in [1.82, 2.24) is 5.32 Å². The Morgan fingerprint density at radius 3 is 2.04 bits per heavy atom. The number of esters is 1. The molecule has 0 bridgehead atoms. The largest absolute Gasteiger partial charge is 0.497 e. The van der Waals surface area contributed by atoms with Crippen LogP contribution in [-0.2, 0) is 14.3 Å². The number of anilines is 2. The van der Waals surface area contributed by atoms with Gasteiger partial charge in [0.25, 0.3) is 11.8 Å². The highest BCUT2D eigenvalue weighted by atomic mass is 32.2. The molecule has 0 saturated carbocycles. The maximum Gasteiger partial charge on any atom is 0.339 e. The Morgan fingerprint density at radius 2 is 1.37 bits per heavy atom. The van der Waals surface area contributed by atoms with E-state index in [0.717, 1.165) is 10.5 Å². The molecule has 3 N–H and O–H groups in total. The monoisotopic (exact) mass is 701 g/mol. The van der Waals surface area contributed by atoms with Gasteiger partial charge in [-0.1, -0.05) is 60.7 Å². The molecule has 0 heterocycles. The van der Waals surface area contributed by atoms with Crippen LogP contribution in [0.3, 0.4) is 0 Å². The Bertz CT molecular complexity index is 2040. The lowest BCUT2D eigenvalue weighted by Gasteiger charge is -2.18. The van der Waals surface area contributed by atoms with Crippen molar-refractivity contribution in [3.8, 4) is 11.5 Å². The topological polar surface area (TPSA) is 132 Å². The predicted molar refractivity (Wildman–Crippen MR) is 198 cm³/mol. The minimum absolute atomic E-state index is 0.0150. The van der Waals surface area contributed by atoms with Crippen molar-refractivity contribution < 1.29 is 33.4 Å². The smallest absolute Gasteiger partial charge is 0.339 e. The highest BCUT2D eigenvalue weighted by Gasteiger charge is 2.24. The van der Waals surface area contributed by atoms with Gasteiger partial charge < -0.3 is 30.2 Å². The first kappa shape index (κ1) is 36.0. The van der Waals surface area contributed by atoms with Gasteiger partial charge in [0.2, 0.25) is 5.91 Å². The highest BCUT2D eigenvalue weighted by molar-refractivity contribution is 8.00. The van der Waals surface area contributed by atoms with Gasteiger partial charge in [-0.15, -0.1) is 11.8 Å². The minimum Gasteiger partial charge on any atom is -0.497 e. The highest BCUT2D eigenvalue weighted by Crippen LogP contribution is 2.37. The minimum atomic E-state index is -0.681. The van der Waals surface area contributed by atoms with E-state index in [9.17, 15) is 19.2 Å². The summed E-state index contributed by atoms with van der Waals surface area (Å²) in [6, 6.07) is 36.6. The van der Waals surface area contributed by atoms with Crippen LogP contribution in [0.15, 0.2) is 138 Å². The van der Waals surface area contributed by atoms with Crippen molar-refractivity contribution >= 4 is 52.9 Å². The molecule has 258 valence electrons. The molecule has 0 aromatic heterocycles. The molecule has 0 spiro atoms. The van der Waals surface area contributed by atoms with Gasteiger partial charge >= 0.3 is 5.97 Å². The first-order valence-corrected chi connectivity index (χ1v) is 16.6. The molecule has 10 nitrogen and oxygen atoms in total. The van der Waals surface area contributed by atoms with Crippen LogP contribution >= 0.6 is 11.8 Å². The molecule has 0 aliphatic carbocycles. The van der Waals surface area contributed by atoms with E-state index >= 15 is 0 Å². The first-order valence-electron chi connectivity index (χ1n) is 15.7. The fourth-order valence-corrected chi connectivity index (χ4v) is 5.99. The fourth-order valence-electron chi connectivity index (χ4n) is 4.97. The maximum absolute atomic E-state index is 13.7. The molecule has 0 fully saturated rings. The normalized spacial score (nSPS) is 11.5. The quantitative estimate of drug-likeness (QED) is 0.0659. The summed E-state index contributed by atoms with van der Waals surface area (Å²) in [7, 11) is 4.32. The number of thioether (sulfide) groups is 1. The molecule has 1 atom stereocenters. The lowest BCUT2D eigenvalue weighted by atomic mass is 10.1. The van der Waals surface area contributed by atoms with Crippen LogP contribution in [0, 0.1) is 0 Å². The van der Waals surface area contributed by atoms with E-state index in [1.807, 2.05) is 30.3 Å². The number of ether oxygens (including phenoxy) is 3. The summed E-state index contributed by atoms with van der Waals surface area (Å²) in [4.78, 5) is 53.5. The van der Waals surface area contributed by atoms with Crippen LogP contribution in [0.4, 0.5) is 11.4 Å². The van der Waals surface area contributed by atoms with Crippen molar-refractivity contribution in [2.75, 3.05) is 32.0 Å². The number of carbonyl (C=O) groups is 4. The Labute approximate surface area is 299 Å². The second-order valence-corrected chi connectivity index (χ2v) is 12.1. The molecule has 0 radical (unpaired) electrons. The summed E-state index contributed by atoms with van der Waals surface area (Å²) in [6.07, 6.45) is 1.53. The van der Waals surface area contributed by atoms with E-state index in [4.69, 9.17) is 14.2 Å². The zero-order chi connectivity index (χ0) is 36.2. The Morgan fingerprint density at radius 1 is 0.706 bits per heavy atom. The van der Waals surface area contributed by atoms with Crippen LogP contribution in [-0.4, -0.2) is 45.0 Å². The average molecular weight is 702 g/mol. The fraction of sp³-hybridized carbons (Fsp3) is 0.100. The molecule has 0 saturated heterocycles. The Hall–Kier alpha value is -6.33. The van der Waals surface area contributed by atoms with Crippen molar-refractivity contribution in [2.45, 2.75) is 10.1 Å². The average Bonchev–Trinajstić information content (AvgIpc) is 3.17. The Kier molecular flexibility index (Phi) is 12.2. The van der Waals surface area contributed by atoms with Crippen LogP contribution in [0.5, 0.6) is 11.5 Å². The van der Waals surface area contributed by atoms with Crippen LogP contribution in [0.1, 0.15) is 37.1 Å². The van der Waals surface area contributed by atoms with Gasteiger partial charge in [-0.05, 0) is 72.3 Å². The number of nitrogens with one attached hydrogen (secondary N) is 3. The molecule has 51 heavy (non-hydrogen) atoms. The molecule has 11 heteroatoms. The number of carbonyl (C=O) groups excluding carboxylic acids is 4. The van der Waals surface area contributed by atoms with Gasteiger partial charge in [-0.3, -0.25) is 14.4 Å². The predicted octanol–water partition coefficient (Wildman–Crippen LogP) is 7.37. The standard InChI is InChI=1S/C40H35N3O7S/c1-48-30-21-18-28(35(25-30)49-2)24-34(43-37(44)27-14-8-5-9-15-27)38(45)41-29-19-22-31(23-20-29)51-36(26-12-6-4-7-13-26)39(46)42-33-17-11-10-16-32(33)40(47)50-3/h4-25,36H,1-3H3,(H,41,45)(H,42,46)(H,43,44)/b34-24-. The summed E-state index contributed by atoms with van der Waals surface area (Å²) in [6.45, 7) is 0. The van der Waals surface area contributed by atoms with Gasteiger partial charge in [0.15, 0.2) is 0 Å². The molecule has 5 aromatic rings. The lowest BCUT2D eigenvalue weighted by Crippen LogP contribution is -2.30. The SMILES string of the molecule is COC(=O)c1ccccc1NC(=O)C(Sc1ccc(NC(=O)/C(=C/c2ccc(OC)cc2OC)NC(=O)c2ccccc2)cc1)c1ccccc1. The summed E-state index contributed by atoms with van der Waals surface area (Å²) in [5.41, 5.74) is 2.70. The van der Waals surface area contributed by atoms with Crippen LogP contribution in [0.25, 0.3) is 6.08 Å². The first-order chi connectivity index (χ1) is 24.8. The van der Waals surface area contributed by atoms with Crippen LogP contribution < -0.4 is 25.4 Å². The zero-order valence-corrected chi connectivity index (χ0v) is 28.9. The second-order valence-electron chi connectivity index (χ2n) is 10.9. The van der Waals surface area contributed by atoms with Crippen molar-refractivity contribution in [1.29, 1.82) is 0 Å². The summed E-state index contributed by atoms with van der Waals surface area (Å²) in [5.74, 6) is -0.912. The van der Waals surface area contributed by atoms with E-state index in [1.165, 1.54) is 39.2 Å². The van der Waals surface area contributed by atoms with Gasteiger partial charge in [-0.25, -0.2) is 4.79 Å². The van der Waals surface area contributed by atoms with Crippen molar-refractivity contribution in [3.63, 3.8) is 0 Å². The Balaban J connectivity index is 1.37. The maximum atomic E-state index is 13.7. The third-order valence-corrected chi connectivity index (χ3v) is 8.83. The zero-order valence-electron chi connectivity index (χ0n) is 28.0. The molecule has 5 aromatic carbocycles. The molecular formula is C40H35N3O7S. The molecular weight excluding hydrogens is 667 g/mol. The molecule has 0 aliphatic heterocycles. The van der Waals surface area contributed by atoms with E-state index in [0.29, 0.717) is 34.0 Å². The van der Waals surface area contributed by atoms with Gasteiger partial charge in [0, 0.05) is 27.8 Å². The third kappa shape index (κ3) is 9.43. The van der Waals surface area contributed by atoms with E-state index < -0.39 is 23.0 Å². The summed E-state index contributed by atoms with van der Waals surface area (Å²) in [5, 5.41) is 7.78. The number of para-hydroxylation sites is 1. The molecule has 1 unspecified atom stereocenters. The van der Waals surface area contributed by atoms with Gasteiger partial charge in [0.05, 0.1) is 32.6 Å². The molecule has 5 rings (SSSR count). The van der Waals surface area contributed by atoms with Crippen molar-refractivity contribution in [2.24, 2.45) is 0 Å². The molecule has 0 aliphatic rings. The van der Waals surface area contributed by atoms with Gasteiger partial charge in [0.1, 0.15) is 22.4 Å². The number of amides is 3. The number of hydrogen-bond donors (Lipinski definition) is 3. The third-order valence-electron chi connectivity index (χ3n) is 7.57. The summed E-state index contributed by atoms with van der Waals surface area (Å²) < 4.78 is 15.7. The second kappa shape index (κ2) is 17.4. The van der Waals surface area contributed by atoms with E-state index in [1.54, 1.807) is 97.1 Å². The number of hydrogen-bond acceptors (Lipinski definition) is 8. The van der Waals surface area contributed by atoms with Gasteiger partial charge in [-0.2, -0.15) is 0 Å².